The normalized spacial score (nSPS) is 65.1. The van der Waals surface area contributed by atoms with E-state index < -0.39 is 6.10 Å². The molecule has 2 aliphatic rings. The van der Waals surface area contributed by atoms with Gasteiger partial charge in [-0.15, -0.1) is 0 Å². The molecule has 0 aromatic carbocycles. The van der Waals surface area contributed by atoms with Gasteiger partial charge in [-0.3, -0.25) is 0 Å². The summed E-state index contributed by atoms with van der Waals surface area (Å²) in [5.41, 5.74) is -0.244. The monoisotopic (exact) mass is 130 g/mol. The topological polar surface area (TPSA) is 40.5 Å². The number of aliphatic hydroxyl groups is 2. The highest BCUT2D eigenvalue weighted by Crippen LogP contribution is 2.62. The second-order valence-electron chi connectivity index (χ2n) is 3.19. The Morgan fingerprint density at radius 1 is 1.78 bits per heavy atom. The molecule has 2 heteroatoms. The molecule has 0 bridgehead atoms. The lowest BCUT2D eigenvalue weighted by Crippen LogP contribution is -2.22. The molecule has 2 nitrogen and oxygen atoms in total. The predicted octanol–water partition coefficient (Wildman–Crippen LogP) is 0.140. The van der Waals surface area contributed by atoms with Gasteiger partial charge < -0.3 is 10.2 Å². The number of aliphatic hydroxyl groups excluding tert-OH is 2. The molecule has 0 aromatic rings. The van der Waals surface area contributed by atoms with E-state index in [0.29, 0.717) is 6.42 Å². The van der Waals surface area contributed by atoms with Gasteiger partial charge >= 0.3 is 0 Å². The van der Waals surface area contributed by atoms with Crippen LogP contribution in [-0.4, -0.2) is 22.9 Å². The Hall–Kier alpha value is -0.0800. The minimum absolute atomic E-state index is 0.0637. The molecule has 9 heavy (non-hydrogen) atoms. The van der Waals surface area contributed by atoms with Gasteiger partial charge in [-0.1, -0.05) is 0 Å². The molecule has 0 aromatic heterocycles. The molecule has 0 radical (unpaired) electrons. The Morgan fingerprint density at radius 2 is 2.56 bits per heavy atom. The Labute approximate surface area is 55.9 Å². The Bertz CT molecular complexity index is 158. The fourth-order valence-electron chi connectivity index (χ4n) is 1.87. The Balaban J connectivity index is 2.16. The summed E-state index contributed by atoms with van der Waals surface area (Å²) in [5.74, 6) is 0.285. The number of fused-ring (bicyclic) bond motifs is 1. The van der Waals surface area contributed by atoms with Crippen LogP contribution in [0, 0.1) is 11.3 Å². The lowest BCUT2D eigenvalue weighted by Gasteiger charge is -2.13. The van der Waals surface area contributed by atoms with Crippen molar-refractivity contribution in [1.29, 1.82) is 0 Å². The van der Waals surface area contributed by atoms with Gasteiger partial charge in [0.05, 0.1) is 12.7 Å². The third kappa shape index (κ3) is 0.528. The summed E-state index contributed by atoms with van der Waals surface area (Å²) in [4.78, 5) is 0. The van der Waals surface area contributed by atoms with Crippen LogP contribution in [0.25, 0.3) is 0 Å². The van der Waals surface area contributed by atoms with E-state index in [0.717, 1.165) is 6.42 Å². The molecular weight excluding hydrogens is 116 g/mol. The molecule has 0 heterocycles. The average molecular weight is 130 g/mol. The van der Waals surface area contributed by atoms with Gasteiger partial charge in [0.1, 0.15) is 0 Å². The van der Waals surface area contributed by atoms with Gasteiger partial charge in [-0.05, 0) is 25.2 Å². The van der Waals surface area contributed by atoms with E-state index in [2.05, 4.69) is 0 Å². The fourth-order valence-corrected chi connectivity index (χ4v) is 1.87. The molecule has 0 saturated heterocycles. The second kappa shape index (κ2) is 1.50. The van der Waals surface area contributed by atoms with Crippen molar-refractivity contribution in [3.05, 3.63) is 0 Å². The van der Waals surface area contributed by atoms with Crippen molar-refractivity contribution >= 4 is 0 Å². The maximum atomic E-state index is 9.38. The summed E-state index contributed by atoms with van der Waals surface area (Å²) in [6.07, 6.45) is 0.886. The number of rotatable bonds is 1. The second-order valence-corrected chi connectivity index (χ2v) is 3.19. The summed E-state index contributed by atoms with van der Waals surface area (Å²) >= 11 is 0. The minimum Gasteiger partial charge on any atom is -0.396 e. The number of hydrogen-bond acceptors (Lipinski definition) is 2. The van der Waals surface area contributed by atoms with Crippen LogP contribution >= 0.6 is 0 Å². The Morgan fingerprint density at radius 3 is 2.78 bits per heavy atom. The third-order valence-corrected chi connectivity index (χ3v) is 2.78. The van der Waals surface area contributed by atoms with Crippen LogP contribution in [0.3, 0.4) is 0 Å². The van der Waals surface area contributed by atoms with E-state index in [1.165, 1.54) is 0 Å². The summed E-state index contributed by atoms with van der Waals surface area (Å²) in [5, 5.41) is 18.3. The van der Waals surface area contributed by atoms with E-state index in [9.17, 15) is 5.11 Å². The summed E-state index contributed by atoms with van der Waals surface area (Å²) < 4.78 is 7.47. The summed E-state index contributed by atoms with van der Waals surface area (Å²) in [6.45, 7) is 0.0637. The fraction of sp³-hybridized carbons (Fsp3) is 1.00. The SMILES string of the molecule is [3H]C1CC(O)[C@]2(CO)CC12. The van der Waals surface area contributed by atoms with Crippen molar-refractivity contribution in [2.24, 2.45) is 11.3 Å². The molecule has 4 atom stereocenters. The first-order valence-electron chi connectivity index (χ1n) is 3.99. The third-order valence-electron chi connectivity index (χ3n) is 2.78. The van der Waals surface area contributed by atoms with Crippen molar-refractivity contribution in [2.45, 2.75) is 25.3 Å². The summed E-state index contributed by atoms with van der Waals surface area (Å²) in [7, 11) is 0. The van der Waals surface area contributed by atoms with E-state index in [1.807, 2.05) is 0 Å². The summed E-state index contributed by atoms with van der Waals surface area (Å²) in [6, 6.07) is 0. The van der Waals surface area contributed by atoms with Crippen LogP contribution in [0.5, 0.6) is 0 Å². The lowest BCUT2D eigenvalue weighted by atomic mass is 10.0. The van der Waals surface area contributed by atoms with Crippen molar-refractivity contribution in [3.8, 4) is 0 Å². The molecule has 2 aliphatic carbocycles. The van der Waals surface area contributed by atoms with Crippen molar-refractivity contribution in [3.63, 3.8) is 0 Å². The van der Waals surface area contributed by atoms with Crippen LogP contribution in [0.15, 0.2) is 0 Å². The molecule has 0 amide bonds. The average Bonchev–Trinajstić information content (AvgIpc) is 2.57. The molecule has 2 N–H and O–H groups in total. The van der Waals surface area contributed by atoms with Crippen molar-refractivity contribution < 1.29 is 11.6 Å². The molecule has 0 aliphatic heterocycles. The van der Waals surface area contributed by atoms with E-state index in [1.54, 1.807) is 0 Å². The van der Waals surface area contributed by atoms with Gasteiger partial charge in [0.25, 0.3) is 0 Å². The van der Waals surface area contributed by atoms with Gasteiger partial charge in [-0.25, -0.2) is 0 Å². The molecular formula is C7H12O2. The van der Waals surface area contributed by atoms with Gasteiger partial charge in [0, 0.05) is 6.79 Å². The molecule has 0 spiro atoms. The predicted molar refractivity (Wildman–Crippen MR) is 32.9 cm³/mol. The smallest absolute Gasteiger partial charge is 0.0621 e. The zero-order valence-corrected chi connectivity index (χ0v) is 5.25. The highest BCUT2D eigenvalue weighted by molar-refractivity contribution is 5.11. The molecule has 52 valence electrons. The Kier molecular flexibility index (Phi) is 0.780. The minimum atomic E-state index is -0.412. The zero-order chi connectivity index (χ0) is 7.35. The van der Waals surface area contributed by atoms with Gasteiger partial charge in [0.15, 0.2) is 0 Å². The zero-order valence-electron chi connectivity index (χ0n) is 6.25. The maximum Gasteiger partial charge on any atom is 0.0621 e. The lowest BCUT2D eigenvalue weighted by molar-refractivity contribution is 0.0612. The molecule has 2 saturated carbocycles. The van der Waals surface area contributed by atoms with Crippen LogP contribution in [-0.2, 0) is 0 Å². The van der Waals surface area contributed by atoms with Crippen molar-refractivity contribution in [2.75, 3.05) is 6.61 Å². The standard InChI is InChI=1S/C7H12O2/c8-4-7-3-5(7)1-2-6(7)9/h5-6,8-9H,1-4H2/t5?,6?,7-/m0/s1/i1T/t1?,5?,6?,7-. The quantitative estimate of drug-likeness (QED) is 0.530. The first-order valence-corrected chi connectivity index (χ1v) is 3.42. The maximum absolute atomic E-state index is 9.38. The van der Waals surface area contributed by atoms with E-state index in [4.69, 9.17) is 6.48 Å². The van der Waals surface area contributed by atoms with Gasteiger partial charge in [0.2, 0.25) is 0 Å². The van der Waals surface area contributed by atoms with Crippen molar-refractivity contribution in [1.82, 2.24) is 0 Å². The molecule has 2 rings (SSSR count). The van der Waals surface area contributed by atoms with Crippen LogP contribution < -0.4 is 0 Å². The molecule has 2 fully saturated rings. The van der Waals surface area contributed by atoms with Crippen LogP contribution in [0.1, 0.15) is 20.6 Å². The van der Waals surface area contributed by atoms with E-state index in [-0.39, 0.29) is 24.3 Å². The van der Waals surface area contributed by atoms with E-state index >= 15 is 0 Å². The highest BCUT2D eigenvalue weighted by Gasteiger charge is 2.61. The first kappa shape index (κ1) is 4.69. The molecule has 3 unspecified atom stereocenters. The number of hydrogen-bond donors (Lipinski definition) is 2. The highest BCUT2D eigenvalue weighted by atomic mass is 16.3. The van der Waals surface area contributed by atoms with Crippen LogP contribution in [0.2, 0.25) is 0 Å². The van der Waals surface area contributed by atoms with Crippen LogP contribution in [0.4, 0.5) is 0 Å². The largest absolute Gasteiger partial charge is 0.396 e. The van der Waals surface area contributed by atoms with Gasteiger partial charge in [-0.2, -0.15) is 0 Å². The first-order chi connectivity index (χ1) is 4.70.